The fourth-order valence-corrected chi connectivity index (χ4v) is 3.35. The predicted octanol–water partition coefficient (Wildman–Crippen LogP) is 2.83. The van der Waals surface area contributed by atoms with Crippen molar-refractivity contribution < 1.29 is 27.8 Å². The van der Waals surface area contributed by atoms with Crippen molar-refractivity contribution in [1.29, 1.82) is 0 Å². The summed E-state index contributed by atoms with van der Waals surface area (Å²) in [6.07, 6.45) is 1.61. The zero-order valence-electron chi connectivity index (χ0n) is 18.1. The number of hydrogen-bond donors (Lipinski definition) is 2. The van der Waals surface area contributed by atoms with E-state index >= 15 is 0 Å². The highest BCUT2D eigenvalue weighted by molar-refractivity contribution is 5.95. The molecule has 0 fully saturated rings. The first kappa shape index (κ1) is 22.3. The Balaban J connectivity index is 1.64. The van der Waals surface area contributed by atoms with Crippen LogP contribution in [-0.4, -0.2) is 37.2 Å². The Morgan fingerprint density at radius 3 is 2.58 bits per heavy atom. The summed E-state index contributed by atoms with van der Waals surface area (Å²) in [6, 6.07) is 6.76. The van der Waals surface area contributed by atoms with Gasteiger partial charge in [0.05, 0.1) is 17.9 Å². The van der Waals surface area contributed by atoms with E-state index in [9.17, 15) is 18.7 Å². The maximum Gasteiger partial charge on any atom is 0.271 e. The summed E-state index contributed by atoms with van der Waals surface area (Å²) in [5.41, 5.74) is -0.692. The van der Waals surface area contributed by atoms with E-state index in [2.05, 4.69) is 20.5 Å². The van der Waals surface area contributed by atoms with Gasteiger partial charge in [-0.25, -0.2) is 13.8 Å². The molecule has 4 aromatic rings. The topological polar surface area (TPSA) is 115 Å². The van der Waals surface area contributed by atoms with Crippen LogP contribution in [0.2, 0.25) is 0 Å². The summed E-state index contributed by atoms with van der Waals surface area (Å²) in [7, 11) is 0. The van der Waals surface area contributed by atoms with Crippen LogP contribution in [0.1, 0.15) is 40.5 Å². The van der Waals surface area contributed by atoms with Crippen LogP contribution in [-0.2, 0) is 12.1 Å². The lowest BCUT2D eigenvalue weighted by atomic mass is 10.0. The molecule has 3 heterocycles. The Morgan fingerprint density at radius 1 is 1.21 bits per heavy atom. The maximum atomic E-state index is 13.9. The Kier molecular flexibility index (Phi) is 5.81. The number of carbonyl (C=O) groups is 1. The zero-order chi connectivity index (χ0) is 23.8. The molecule has 0 radical (unpaired) electrons. The number of amides is 1. The third-order valence-corrected chi connectivity index (χ3v) is 5.14. The van der Waals surface area contributed by atoms with Gasteiger partial charge in [0.1, 0.15) is 29.5 Å². The van der Waals surface area contributed by atoms with Crippen LogP contribution < -0.4 is 10.1 Å². The number of carbonyl (C=O) groups excluding carboxylic acids is 1. The van der Waals surface area contributed by atoms with Gasteiger partial charge < -0.3 is 19.6 Å². The van der Waals surface area contributed by atoms with Crippen molar-refractivity contribution in [3.8, 4) is 5.75 Å². The van der Waals surface area contributed by atoms with E-state index in [0.717, 1.165) is 12.1 Å². The van der Waals surface area contributed by atoms with Crippen LogP contribution >= 0.6 is 0 Å². The highest BCUT2D eigenvalue weighted by Gasteiger charge is 2.35. The number of aromatic nitrogens is 4. The standard InChI is InChI=1S/C22H21F2N5O4/c1-12-18(20(31)26-22(3,11-30)21-28-27-13(2)33-21)29-9-5-8-17(19(29)25-12)32-10-14-15(23)6-4-7-16(14)24/h4-9,30H,10-11H2,1-3H3,(H,26,31). The molecule has 2 N–H and O–H groups in total. The van der Waals surface area contributed by atoms with Gasteiger partial charge in [0.25, 0.3) is 5.91 Å². The van der Waals surface area contributed by atoms with Crippen molar-refractivity contribution in [1.82, 2.24) is 24.9 Å². The summed E-state index contributed by atoms with van der Waals surface area (Å²) >= 11 is 0. The molecule has 0 saturated heterocycles. The van der Waals surface area contributed by atoms with Gasteiger partial charge >= 0.3 is 0 Å². The third kappa shape index (κ3) is 4.14. The number of benzene rings is 1. The van der Waals surface area contributed by atoms with E-state index in [1.165, 1.54) is 10.5 Å². The van der Waals surface area contributed by atoms with Crippen LogP contribution in [0.5, 0.6) is 5.75 Å². The van der Waals surface area contributed by atoms with Gasteiger partial charge in [0.15, 0.2) is 11.4 Å². The quantitative estimate of drug-likeness (QED) is 0.439. The number of imidazole rings is 1. The first-order chi connectivity index (χ1) is 15.7. The summed E-state index contributed by atoms with van der Waals surface area (Å²) in [5.74, 6) is -1.41. The molecular formula is C22H21F2N5O4. The molecule has 9 nitrogen and oxygen atoms in total. The summed E-state index contributed by atoms with van der Waals surface area (Å²) < 4.78 is 40.4. The number of hydrogen-bond acceptors (Lipinski definition) is 7. The molecule has 1 atom stereocenters. The van der Waals surface area contributed by atoms with Crippen molar-refractivity contribution in [2.24, 2.45) is 0 Å². The molecule has 3 aromatic heterocycles. The number of aryl methyl sites for hydroxylation is 2. The smallest absolute Gasteiger partial charge is 0.271 e. The van der Waals surface area contributed by atoms with E-state index in [0.29, 0.717) is 5.69 Å². The number of ether oxygens (including phenoxy) is 1. The molecule has 4 rings (SSSR count). The highest BCUT2D eigenvalue weighted by atomic mass is 19.1. The summed E-state index contributed by atoms with van der Waals surface area (Å²) in [5, 5.41) is 20.2. The van der Waals surface area contributed by atoms with Gasteiger partial charge in [-0.2, -0.15) is 0 Å². The van der Waals surface area contributed by atoms with Gasteiger partial charge in [-0.15, -0.1) is 10.2 Å². The first-order valence-electron chi connectivity index (χ1n) is 10.0. The average Bonchev–Trinajstić information content (AvgIpc) is 3.36. The minimum absolute atomic E-state index is 0.0539. The van der Waals surface area contributed by atoms with E-state index in [-0.39, 0.29) is 41.0 Å². The number of rotatable bonds is 7. The first-order valence-corrected chi connectivity index (χ1v) is 10.0. The Hall–Kier alpha value is -3.86. The Labute approximate surface area is 187 Å². The molecule has 1 amide bonds. The Morgan fingerprint density at radius 2 is 1.94 bits per heavy atom. The minimum atomic E-state index is -1.33. The van der Waals surface area contributed by atoms with E-state index in [1.54, 1.807) is 39.1 Å². The predicted molar refractivity (Wildman–Crippen MR) is 112 cm³/mol. The molecule has 1 unspecified atom stereocenters. The van der Waals surface area contributed by atoms with Crippen LogP contribution in [0.25, 0.3) is 5.65 Å². The van der Waals surface area contributed by atoms with Gasteiger partial charge in [-0.3, -0.25) is 9.20 Å². The van der Waals surface area contributed by atoms with E-state index in [1.807, 2.05) is 0 Å². The van der Waals surface area contributed by atoms with Crippen molar-refractivity contribution in [3.05, 3.63) is 76.9 Å². The molecule has 1 aromatic carbocycles. The maximum absolute atomic E-state index is 13.9. The zero-order valence-corrected chi connectivity index (χ0v) is 18.1. The third-order valence-electron chi connectivity index (χ3n) is 5.14. The SMILES string of the molecule is Cc1nnc(C(C)(CO)NC(=O)c2c(C)nc3c(OCc4c(F)cccc4F)cccn23)o1. The fourth-order valence-electron chi connectivity index (χ4n) is 3.35. The van der Waals surface area contributed by atoms with E-state index in [4.69, 9.17) is 9.15 Å². The van der Waals surface area contributed by atoms with Crippen molar-refractivity contribution in [3.63, 3.8) is 0 Å². The second kappa shape index (κ2) is 8.58. The van der Waals surface area contributed by atoms with Gasteiger partial charge in [0.2, 0.25) is 11.8 Å². The lowest BCUT2D eigenvalue weighted by Crippen LogP contribution is -2.47. The molecule has 0 bridgehead atoms. The van der Waals surface area contributed by atoms with Gasteiger partial charge in [0, 0.05) is 13.1 Å². The van der Waals surface area contributed by atoms with Gasteiger partial charge in [-0.1, -0.05) is 6.07 Å². The number of aliphatic hydroxyl groups is 1. The highest BCUT2D eigenvalue weighted by Crippen LogP contribution is 2.25. The number of nitrogens with zero attached hydrogens (tertiary/aromatic N) is 4. The van der Waals surface area contributed by atoms with Crippen LogP contribution in [0.4, 0.5) is 8.78 Å². The van der Waals surface area contributed by atoms with Gasteiger partial charge in [-0.05, 0) is 38.1 Å². The number of halogens is 2. The van der Waals surface area contributed by atoms with Crippen molar-refractivity contribution in [2.45, 2.75) is 32.9 Å². The van der Waals surface area contributed by atoms with Crippen LogP contribution in [0.15, 0.2) is 40.9 Å². The molecular weight excluding hydrogens is 436 g/mol. The van der Waals surface area contributed by atoms with Crippen LogP contribution in [0, 0.1) is 25.5 Å². The molecule has 0 aliphatic carbocycles. The summed E-state index contributed by atoms with van der Waals surface area (Å²) in [6.45, 7) is 3.94. The molecule has 0 aliphatic rings. The number of nitrogens with one attached hydrogen (secondary N) is 1. The second-order valence-corrected chi connectivity index (χ2v) is 7.67. The van der Waals surface area contributed by atoms with E-state index < -0.39 is 29.7 Å². The fraction of sp³-hybridized carbons (Fsp3) is 0.273. The van der Waals surface area contributed by atoms with Crippen molar-refractivity contribution in [2.75, 3.05) is 6.61 Å². The monoisotopic (exact) mass is 457 g/mol. The number of fused-ring (bicyclic) bond motifs is 1. The average molecular weight is 457 g/mol. The lowest BCUT2D eigenvalue weighted by molar-refractivity contribution is 0.0803. The Bertz CT molecular complexity index is 1320. The summed E-state index contributed by atoms with van der Waals surface area (Å²) in [4.78, 5) is 17.6. The van der Waals surface area contributed by atoms with Crippen molar-refractivity contribution >= 4 is 11.6 Å². The molecule has 0 spiro atoms. The van der Waals surface area contributed by atoms with Crippen LogP contribution in [0.3, 0.4) is 0 Å². The normalized spacial score (nSPS) is 13.2. The second-order valence-electron chi connectivity index (χ2n) is 7.67. The molecule has 0 aliphatic heterocycles. The molecule has 11 heteroatoms. The number of pyridine rings is 1. The number of aliphatic hydroxyl groups excluding tert-OH is 1. The molecule has 172 valence electrons. The molecule has 33 heavy (non-hydrogen) atoms. The lowest BCUT2D eigenvalue weighted by Gasteiger charge is -2.24. The molecule has 0 saturated carbocycles. The largest absolute Gasteiger partial charge is 0.485 e. The minimum Gasteiger partial charge on any atom is -0.485 e.